The summed E-state index contributed by atoms with van der Waals surface area (Å²) in [4.78, 5) is 26.0. The van der Waals surface area contributed by atoms with E-state index < -0.39 is 12.0 Å². The molecule has 2 fully saturated rings. The molecule has 3 aliphatic rings. The van der Waals surface area contributed by atoms with E-state index in [2.05, 4.69) is 0 Å². The maximum Gasteiger partial charge on any atom is 0.326 e. The van der Waals surface area contributed by atoms with Gasteiger partial charge in [0.1, 0.15) is 6.04 Å². The van der Waals surface area contributed by atoms with Crippen molar-refractivity contribution in [2.75, 3.05) is 0 Å². The first-order valence-electron chi connectivity index (χ1n) is 7.77. The van der Waals surface area contributed by atoms with E-state index in [1.807, 2.05) is 24.3 Å². The second-order valence-corrected chi connectivity index (χ2v) is 6.58. The van der Waals surface area contributed by atoms with Crippen molar-refractivity contribution in [1.82, 2.24) is 4.90 Å². The van der Waals surface area contributed by atoms with Gasteiger partial charge in [0.05, 0.1) is 0 Å². The smallest absolute Gasteiger partial charge is 0.326 e. The third-order valence-electron chi connectivity index (χ3n) is 5.51. The topological polar surface area (TPSA) is 57.6 Å². The molecule has 0 saturated heterocycles. The van der Waals surface area contributed by atoms with Crippen molar-refractivity contribution in [3.05, 3.63) is 35.4 Å². The van der Waals surface area contributed by atoms with Crippen molar-refractivity contribution in [1.29, 1.82) is 0 Å². The minimum absolute atomic E-state index is 0.0756. The molecule has 2 aliphatic carbocycles. The molecule has 4 heteroatoms. The van der Waals surface area contributed by atoms with Crippen molar-refractivity contribution < 1.29 is 14.7 Å². The Bertz CT molecular complexity index is 602. The molecule has 0 bridgehead atoms. The van der Waals surface area contributed by atoms with Gasteiger partial charge in [0.25, 0.3) is 0 Å². The van der Waals surface area contributed by atoms with Gasteiger partial charge in [0.2, 0.25) is 5.91 Å². The molecule has 21 heavy (non-hydrogen) atoms. The fourth-order valence-electron chi connectivity index (χ4n) is 4.35. The van der Waals surface area contributed by atoms with E-state index in [1.54, 1.807) is 4.90 Å². The molecule has 1 aliphatic heterocycles. The molecule has 3 atom stereocenters. The van der Waals surface area contributed by atoms with Gasteiger partial charge in [0, 0.05) is 18.9 Å². The summed E-state index contributed by atoms with van der Waals surface area (Å²) in [5.41, 5.74) is 2.15. The third kappa shape index (κ3) is 1.96. The van der Waals surface area contributed by atoms with E-state index in [4.69, 9.17) is 0 Å². The summed E-state index contributed by atoms with van der Waals surface area (Å²) in [5.74, 6) is 0.356. The van der Waals surface area contributed by atoms with Gasteiger partial charge in [0.15, 0.2) is 0 Å². The van der Waals surface area contributed by atoms with Gasteiger partial charge in [-0.15, -0.1) is 0 Å². The molecule has 1 N–H and O–H groups in total. The van der Waals surface area contributed by atoms with Crippen LogP contribution in [-0.2, 0) is 22.6 Å². The molecule has 110 valence electrons. The Balaban J connectivity index is 1.60. The van der Waals surface area contributed by atoms with Crippen LogP contribution in [0, 0.1) is 17.8 Å². The number of carbonyl (C=O) groups is 2. The highest BCUT2D eigenvalue weighted by atomic mass is 16.4. The van der Waals surface area contributed by atoms with Crippen LogP contribution < -0.4 is 0 Å². The number of carboxylic acid groups (broad SMARTS) is 1. The predicted molar refractivity (Wildman–Crippen MR) is 76.4 cm³/mol. The number of aliphatic carboxylic acids is 1. The zero-order chi connectivity index (χ0) is 14.6. The molecule has 1 amide bonds. The molecule has 2 saturated carbocycles. The molecule has 1 aromatic rings. The summed E-state index contributed by atoms with van der Waals surface area (Å²) in [6.07, 6.45) is 3.94. The van der Waals surface area contributed by atoms with Crippen LogP contribution in [0.1, 0.15) is 30.4 Å². The van der Waals surface area contributed by atoms with Crippen molar-refractivity contribution in [2.24, 2.45) is 17.8 Å². The fourth-order valence-corrected chi connectivity index (χ4v) is 4.35. The van der Waals surface area contributed by atoms with Crippen LogP contribution in [0.2, 0.25) is 0 Å². The average molecular weight is 285 g/mol. The Hall–Kier alpha value is -1.84. The molecule has 2 unspecified atom stereocenters. The average Bonchev–Trinajstić information content (AvgIpc) is 2.97. The van der Waals surface area contributed by atoms with E-state index in [-0.39, 0.29) is 11.8 Å². The van der Waals surface area contributed by atoms with Crippen molar-refractivity contribution in [3.63, 3.8) is 0 Å². The molecule has 0 spiro atoms. The first-order valence-corrected chi connectivity index (χ1v) is 7.77. The van der Waals surface area contributed by atoms with Gasteiger partial charge < -0.3 is 10.0 Å². The Morgan fingerprint density at radius 1 is 1.10 bits per heavy atom. The summed E-state index contributed by atoms with van der Waals surface area (Å²) < 4.78 is 0. The Morgan fingerprint density at radius 3 is 2.43 bits per heavy atom. The summed E-state index contributed by atoms with van der Waals surface area (Å²) in [6, 6.07) is 7.16. The standard InChI is InChI=1S/C17H19NO3/c19-16(15-12-6-3-7-13(12)15)18-9-11-5-2-1-4-10(11)8-14(18)17(20)21/h1-2,4-5,12-15H,3,6-9H2,(H,20,21)/t12?,13?,14-,15?/m1/s1. The third-order valence-corrected chi connectivity index (χ3v) is 5.51. The molecular formula is C17H19NO3. The maximum atomic E-state index is 12.8. The SMILES string of the molecule is O=C(O)[C@H]1Cc2ccccc2CN1C(=O)C1C2CCCC21. The van der Waals surface area contributed by atoms with Crippen molar-refractivity contribution in [3.8, 4) is 0 Å². The molecule has 4 rings (SSSR count). The number of carbonyl (C=O) groups excluding carboxylic acids is 1. The van der Waals surface area contributed by atoms with Gasteiger partial charge in [-0.1, -0.05) is 30.7 Å². The van der Waals surface area contributed by atoms with Crippen LogP contribution in [0.15, 0.2) is 24.3 Å². The summed E-state index contributed by atoms with van der Waals surface area (Å²) in [5, 5.41) is 9.49. The lowest BCUT2D eigenvalue weighted by Crippen LogP contribution is -2.49. The van der Waals surface area contributed by atoms with Crippen molar-refractivity contribution >= 4 is 11.9 Å². The largest absolute Gasteiger partial charge is 0.480 e. The zero-order valence-corrected chi connectivity index (χ0v) is 11.9. The van der Waals surface area contributed by atoms with Crippen LogP contribution in [0.25, 0.3) is 0 Å². The minimum Gasteiger partial charge on any atom is -0.480 e. The zero-order valence-electron chi connectivity index (χ0n) is 11.9. The van der Waals surface area contributed by atoms with E-state index >= 15 is 0 Å². The van der Waals surface area contributed by atoms with E-state index in [1.165, 1.54) is 6.42 Å². The Kier molecular flexibility index (Phi) is 2.81. The first kappa shape index (κ1) is 12.9. The maximum absolute atomic E-state index is 12.8. The normalized spacial score (nSPS) is 33.2. The number of fused-ring (bicyclic) bond motifs is 2. The quantitative estimate of drug-likeness (QED) is 0.905. The second-order valence-electron chi connectivity index (χ2n) is 6.58. The van der Waals surface area contributed by atoms with Crippen LogP contribution in [0.4, 0.5) is 0 Å². The van der Waals surface area contributed by atoms with Gasteiger partial charge in [-0.3, -0.25) is 4.79 Å². The Morgan fingerprint density at radius 2 is 1.76 bits per heavy atom. The van der Waals surface area contributed by atoms with Crippen LogP contribution in [0.3, 0.4) is 0 Å². The molecule has 4 nitrogen and oxygen atoms in total. The summed E-state index contributed by atoms with van der Waals surface area (Å²) in [7, 11) is 0. The lowest BCUT2D eigenvalue weighted by Gasteiger charge is -2.35. The molecule has 1 heterocycles. The van der Waals surface area contributed by atoms with Crippen LogP contribution in [0.5, 0.6) is 0 Å². The van der Waals surface area contributed by atoms with Crippen molar-refractivity contribution in [2.45, 2.75) is 38.3 Å². The van der Waals surface area contributed by atoms with Crippen LogP contribution >= 0.6 is 0 Å². The van der Waals surface area contributed by atoms with E-state index in [9.17, 15) is 14.7 Å². The van der Waals surface area contributed by atoms with Crippen LogP contribution in [-0.4, -0.2) is 27.9 Å². The molecule has 0 radical (unpaired) electrons. The molecule has 1 aromatic carbocycles. The first-order chi connectivity index (χ1) is 10.2. The van der Waals surface area contributed by atoms with Gasteiger partial charge in [-0.25, -0.2) is 4.79 Å². The number of amides is 1. The lowest BCUT2D eigenvalue weighted by atomic mass is 9.93. The number of hydrogen-bond donors (Lipinski definition) is 1. The lowest BCUT2D eigenvalue weighted by molar-refractivity contribution is -0.152. The molecule has 0 aromatic heterocycles. The number of nitrogens with zero attached hydrogens (tertiary/aromatic N) is 1. The summed E-state index contributed by atoms with van der Waals surface area (Å²) in [6.45, 7) is 0.446. The second kappa shape index (κ2) is 4.58. The predicted octanol–water partition coefficient (Wildman–Crippen LogP) is 2.07. The minimum atomic E-state index is -0.885. The van der Waals surface area contributed by atoms with Gasteiger partial charge >= 0.3 is 5.97 Å². The summed E-state index contributed by atoms with van der Waals surface area (Å²) >= 11 is 0. The highest BCUT2D eigenvalue weighted by molar-refractivity contribution is 5.88. The number of hydrogen-bond acceptors (Lipinski definition) is 2. The fraction of sp³-hybridized carbons (Fsp3) is 0.529. The number of carboxylic acids is 1. The number of rotatable bonds is 2. The van der Waals surface area contributed by atoms with Gasteiger partial charge in [-0.05, 0) is 35.8 Å². The molecular weight excluding hydrogens is 266 g/mol. The van der Waals surface area contributed by atoms with E-state index in [0.29, 0.717) is 24.8 Å². The number of benzene rings is 1. The monoisotopic (exact) mass is 285 g/mol. The van der Waals surface area contributed by atoms with E-state index in [0.717, 1.165) is 24.0 Å². The highest BCUT2D eigenvalue weighted by Gasteiger charge is 2.58. The Labute approximate surface area is 123 Å². The van der Waals surface area contributed by atoms with Gasteiger partial charge in [-0.2, -0.15) is 0 Å². The highest BCUT2D eigenvalue weighted by Crippen LogP contribution is 2.58.